The van der Waals surface area contributed by atoms with Crippen molar-refractivity contribution in [1.82, 2.24) is 9.78 Å². The lowest BCUT2D eigenvalue weighted by molar-refractivity contribution is 0.558. The number of hydrogen-bond donors (Lipinski definition) is 1. The summed E-state index contributed by atoms with van der Waals surface area (Å²) in [5.41, 5.74) is 8.40. The van der Waals surface area contributed by atoms with Crippen LogP contribution in [0.4, 0.5) is 0 Å². The largest absolute Gasteiger partial charge is 0.319 e. The van der Waals surface area contributed by atoms with Crippen molar-refractivity contribution in [1.29, 1.82) is 0 Å². The SMILES string of the molecule is CCCn1ncc(Cl)c1C(N)c1ccccc1SC. The molecule has 0 bridgehead atoms. The van der Waals surface area contributed by atoms with E-state index in [-0.39, 0.29) is 6.04 Å². The predicted molar refractivity (Wildman–Crippen MR) is 81.8 cm³/mol. The average Bonchev–Trinajstić information content (AvgIpc) is 2.79. The lowest BCUT2D eigenvalue weighted by atomic mass is 10.0. The van der Waals surface area contributed by atoms with Crippen LogP contribution in [0.1, 0.15) is 30.6 Å². The Hall–Kier alpha value is -0.970. The van der Waals surface area contributed by atoms with Crippen LogP contribution in [0.5, 0.6) is 0 Å². The van der Waals surface area contributed by atoms with Crippen molar-refractivity contribution in [3.05, 3.63) is 46.7 Å². The third-order valence-corrected chi connectivity index (χ3v) is 4.14. The van der Waals surface area contributed by atoms with Crippen molar-refractivity contribution in [2.24, 2.45) is 5.73 Å². The highest BCUT2D eigenvalue weighted by Crippen LogP contribution is 2.31. The number of aryl methyl sites for hydroxylation is 1. The molecule has 0 saturated heterocycles. The van der Waals surface area contributed by atoms with E-state index in [4.69, 9.17) is 17.3 Å². The van der Waals surface area contributed by atoms with Crippen molar-refractivity contribution >= 4 is 23.4 Å². The van der Waals surface area contributed by atoms with Gasteiger partial charge in [-0.25, -0.2) is 0 Å². The Balaban J connectivity index is 2.43. The van der Waals surface area contributed by atoms with Gasteiger partial charge >= 0.3 is 0 Å². The van der Waals surface area contributed by atoms with Crippen LogP contribution in [0, 0.1) is 0 Å². The van der Waals surface area contributed by atoms with Gasteiger partial charge in [0.1, 0.15) is 0 Å². The molecular weight excluding hydrogens is 278 g/mol. The summed E-state index contributed by atoms with van der Waals surface area (Å²) in [6.45, 7) is 2.94. The molecule has 3 nitrogen and oxygen atoms in total. The zero-order chi connectivity index (χ0) is 13.8. The monoisotopic (exact) mass is 295 g/mol. The topological polar surface area (TPSA) is 43.8 Å². The van der Waals surface area contributed by atoms with Crippen LogP contribution in [-0.2, 0) is 6.54 Å². The second-order valence-corrected chi connectivity index (χ2v) is 5.58. The molecule has 1 aromatic carbocycles. The molecule has 2 N–H and O–H groups in total. The first-order valence-corrected chi connectivity index (χ1v) is 7.89. The molecule has 0 fully saturated rings. The van der Waals surface area contributed by atoms with E-state index in [0.29, 0.717) is 5.02 Å². The second kappa shape index (κ2) is 6.46. The van der Waals surface area contributed by atoms with Crippen LogP contribution in [0.25, 0.3) is 0 Å². The Morgan fingerprint density at radius 1 is 1.42 bits per heavy atom. The van der Waals surface area contributed by atoms with Crippen molar-refractivity contribution in [2.75, 3.05) is 6.26 Å². The highest BCUT2D eigenvalue weighted by molar-refractivity contribution is 7.98. The molecule has 0 aliphatic heterocycles. The van der Waals surface area contributed by atoms with E-state index in [2.05, 4.69) is 30.4 Å². The predicted octanol–water partition coefficient (Wildman–Crippen LogP) is 3.72. The molecule has 1 heterocycles. The van der Waals surface area contributed by atoms with Gasteiger partial charge in [-0.1, -0.05) is 36.7 Å². The zero-order valence-electron chi connectivity index (χ0n) is 11.1. The van der Waals surface area contributed by atoms with Gasteiger partial charge in [-0.3, -0.25) is 4.68 Å². The smallest absolute Gasteiger partial charge is 0.0837 e. The normalized spacial score (nSPS) is 12.6. The minimum absolute atomic E-state index is 0.245. The first kappa shape index (κ1) is 14.4. The quantitative estimate of drug-likeness (QED) is 0.855. The van der Waals surface area contributed by atoms with Gasteiger partial charge in [-0.2, -0.15) is 5.10 Å². The Labute approximate surface area is 123 Å². The molecule has 2 rings (SSSR count). The molecular formula is C14H18ClN3S. The maximum Gasteiger partial charge on any atom is 0.0837 e. The summed E-state index contributed by atoms with van der Waals surface area (Å²) in [4.78, 5) is 1.18. The number of rotatable bonds is 5. The number of nitrogens with two attached hydrogens (primary N) is 1. The van der Waals surface area contributed by atoms with Gasteiger partial charge < -0.3 is 5.73 Å². The molecule has 1 unspecified atom stereocenters. The molecule has 102 valence electrons. The van der Waals surface area contributed by atoms with Crippen molar-refractivity contribution in [3.63, 3.8) is 0 Å². The minimum atomic E-state index is -0.245. The molecule has 0 radical (unpaired) electrons. The number of benzene rings is 1. The number of aromatic nitrogens is 2. The number of hydrogen-bond acceptors (Lipinski definition) is 3. The number of thioether (sulfide) groups is 1. The van der Waals surface area contributed by atoms with Crippen LogP contribution in [-0.4, -0.2) is 16.0 Å². The Bertz CT molecular complexity index is 553. The summed E-state index contributed by atoms with van der Waals surface area (Å²) in [5.74, 6) is 0. The van der Waals surface area contributed by atoms with Gasteiger partial charge in [0, 0.05) is 11.4 Å². The lowest BCUT2D eigenvalue weighted by Gasteiger charge is -2.17. The Kier molecular flexibility index (Phi) is 4.91. The van der Waals surface area contributed by atoms with Crippen molar-refractivity contribution < 1.29 is 0 Å². The molecule has 5 heteroatoms. The standard InChI is InChI=1S/C14H18ClN3S/c1-3-8-18-14(11(15)9-17-18)13(16)10-6-4-5-7-12(10)19-2/h4-7,9,13H,3,8,16H2,1-2H3. The van der Waals surface area contributed by atoms with E-state index in [0.717, 1.165) is 24.2 Å². The maximum absolute atomic E-state index is 6.41. The molecule has 1 atom stereocenters. The summed E-state index contributed by atoms with van der Waals surface area (Å²) in [6.07, 6.45) is 4.73. The summed E-state index contributed by atoms with van der Waals surface area (Å²) >= 11 is 7.94. The minimum Gasteiger partial charge on any atom is -0.319 e. The summed E-state index contributed by atoms with van der Waals surface area (Å²) in [7, 11) is 0. The fourth-order valence-corrected chi connectivity index (χ4v) is 3.05. The van der Waals surface area contributed by atoms with Crippen molar-refractivity contribution in [2.45, 2.75) is 30.8 Å². The lowest BCUT2D eigenvalue weighted by Crippen LogP contribution is -2.18. The molecule has 0 saturated carbocycles. The van der Waals surface area contributed by atoms with Gasteiger partial charge in [0.05, 0.1) is 23.0 Å². The Morgan fingerprint density at radius 2 is 2.16 bits per heavy atom. The van der Waals surface area contributed by atoms with Crippen molar-refractivity contribution in [3.8, 4) is 0 Å². The van der Waals surface area contributed by atoms with Gasteiger partial charge in [0.15, 0.2) is 0 Å². The van der Waals surface area contributed by atoms with Crippen LogP contribution in [0.15, 0.2) is 35.4 Å². The highest BCUT2D eigenvalue weighted by Gasteiger charge is 2.20. The molecule has 2 aromatic rings. The van der Waals surface area contributed by atoms with E-state index in [1.54, 1.807) is 18.0 Å². The summed E-state index contributed by atoms with van der Waals surface area (Å²) < 4.78 is 1.91. The molecule has 0 aliphatic carbocycles. The average molecular weight is 296 g/mol. The third-order valence-electron chi connectivity index (χ3n) is 3.04. The van der Waals surface area contributed by atoms with E-state index in [9.17, 15) is 0 Å². The third kappa shape index (κ3) is 2.96. The highest BCUT2D eigenvalue weighted by atomic mass is 35.5. The van der Waals surface area contributed by atoms with Crippen LogP contribution in [0.2, 0.25) is 5.02 Å². The zero-order valence-corrected chi connectivity index (χ0v) is 12.7. The van der Waals surface area contributed by atoms with Crippen LogP contribution >= 0.6 is 23.4 Å². The summed E-state index contributed by atoms with van der Waals surface area (Å²) in [5, 5.41) is 4.94. The van der Waals surface area contributed by atoms with Crippen LogP contribution < -0.4 is 5.73 Å². The molecule has 0 amide bonds. The van der Waals surface area contributed by atoms with E-state index < -0.39 is 0 Å². The van der Waals surface area contributed by atoms with Gasteiger partial charge in [0.2, 0.25) is 0 Å². The Morgan fingerprint density at radius 3 is 2.84 bits per heavy atom. The molecule has 1 aromatic heterocycles. The molecule has 0 spiro atoms. The maximum atomic E-state index is 6.41. The molecule has 0 aliphatic rings. The molecule has 19 heavy (non-hydrogen) atoms. The van der Waals surface area contributed by atoms with E-state index >= 15 is 0 Å². The number of nitrogens with zero attached hydrogens (tertiary/aromatic N) is 2. The number of halogens is 1. The fourth-order valence-electron chi connectivity index (χ4n) is 2.14. The second-order valence-electron chi connectivity index (χ2n) is 4.32. The van der Waals surface area contributed by atoms with E-state index in [1.807, 2.05) is 16.8 Å². The van der Waals surface area contributed by atoms with Gasteiger partial charge in [-0.15, -0.1) is 11.8 Å². The summed E-state index contributed by atoms with van der Waals surface area (Å²) in [6, 6.07) is 7.91. The first-order chi connectivity index (χ1) is 9.19. The first-order valence-electron chi connectivity index (χ1n) is 6.28. The van der Waals surface area contributed by atoms with E-state index in [1.165, 1.54) is 4.90 Å². The van der Waals surface area contributed by atoms with Gasteiger partial charge in [0.25, 0.3) is 0 Å². The van der Waals surface area contributed by atoms with Crippen LogP contribution in [0.3, 0.4) is 0 Å². The van der Waals surface area contributed by atoms with Gasteiger partial charge in [-0.05, 0) is 24.3 Å². The fraction of sp³-hybridized carbons (Fsp3) is 0.357.